The number of ether oxygens (including phenoxy) is 4. The maximum absolute atomic E-state index is 15.4. The fourth-order valence-corrected chi connectivity index (χ4v) is 10.4. The zero-order valence-electron chi connectivity index (χ0n) is 29.2. The number of hydrogen-bond donors (Lipinski definition) is 1. The SMILES string of the molecule is CC[C@H](C)C(=O)O[C@@H]1[C@@]2(C)C[C@]3(OC(=O)[C@@H](C)CC)[C@@](C)([C@@H]4CC[C@@]5(C)C(=C4C(=O)[C@]13O)CC(=O)O[C@H]5c1ccoc1)[C@H]2CC(=O)OC. The number of Topliss-reactive ketones (excluding diaryl/α,β-unsaturated/α-hetero) is 1. The molecule has 1 aliphatic heterocycles. The van der Waals surface area contributed by atoms with Crippen molar-refractivity contribution >= 4 is 29.7 Å². The summed E-state index contributed by atoms with van der Waals surface area (Å²) in [6.45, 7) is 12.8. The van der Waals surface area contributed by atoms with E-state index in [9.17, 15) is 24.3 Å². The monoisotopic (exact) mass is 668 g/mol. The predicted molar refractivity (Wildman–Crippen MR) is 169 cm³/mol. The Morgan fingerprint density at radius 2 is 1.73 bits per heavy atom. The first-order chi connectivity index (χ1) is 22.5. The second kappa shape index (κ2) is 11.3. The predicted octanol–water partition coefficient (Wildman–Crippen LogP) is 5.19. The van der Waals surface area contributed by atoms with E-state index in [4.69, 9.17) is 23.4 Å². The van der Waals surface area contributed by atoms with Crippen molar-refractivity contribution in [3.63, 3.8) is 0 Å². The molecule has 1 N–H and O–H groups in total. The van der Waals surface area contributed by atoms with Gasteiger partial charge in [-0.2, -0.15) is 0 Å². The Kier molecular flexibility index (Phi) is 8.09. The van der Waals surface area contributed by atoms with Crippen LogP contribution in [0.5, 0.6) is 0 Å². The lowest BCUT2D eigenvalue weighted by Gasteiger charge is -2.66. The number of rotatable bonds is 9. The highest BCUT2D eigenvalue weighted by Crippen LogP contribution is 2.81. The zero-order chi connectivity index (χ0) is 35.2. The maximum Gasteiger partial charge on any atom is 0.310 e. The molecular formula is C37H48O11. The van der Waals surface area contributed by atoms with E-state index in [0.29, 0.717) is 36.8 Å². The number of furan rings is 1. The minimum atomic E-state index is -2.50. The minimum absolute atomic E-state index is 0.00288. The first-order valence-electron chi connectivity index (χ1n) is 17.2. The molecule has 3 saturated carbocycles. The van der Waals surface area contributed by atoms with Crippen molar-refractivity contribution < 1.29 is 52.4 Å². The number of carbonyl (C=O) groups excluding carboxylic acids is 5. The van der Waals surface area contributed by atoms with E-state index in [0.717, 1.165) is 0 Å². The van der Waals surface area contributed by atoms with Crippen LogP contribution in [0.4, 0.5) is 0 Å². The minimum Gasteiger partial charge on any atom is -0.472 e. The van der Waals surface area contributed by atoms with Crippen LogP contribution in [0.25, 0.3) is 0 Å². The molecular weight excluding hydrogens is 620 g/mol. The smallest absolute Gasteiger partial charge is 0.310 e. The van der Waals surface area contributed by atoms with Crippen molar-refractivity contribution in [3.8, 4) is 0 Å². The van der Waals surface area contributed by atoms with E-state index >= 15 is 4.79 Å². The molecule has 0 amide bonds. The quantitative estimate of drug-likeness (QED) is 0.273. The van der Waals surface area contributed by atoms with Crippen LogP contribution in [0.15, 0.2) is 34.2 Å². The van der Waals surface area contributed by atoms with E-state index in [1.165, 1.54) is 19.6 Å². The molecule has 11 heteroatoms. The van der Waals surface area contributed by atoms with Gasteiger partial charge >= 0.3 is 23.9 Å². The molecule has 5 aliphatic rings. The van der Waals surface area contributed by atoms with Gasteiger partial charge in [-0.1, -0.05) is 48.5 Å². The number of fused-ring (bicyclic) bond motifs is 4. The van der Waals surface area contributed by atoms with Gasteiger partial charge < -0.3 is 28.5 Å². The molecule has 1 aromatic rings. The Morgan fingerprint density at radius 1 is 1.06 bits per heavy atom. The second-order valence-corrected chi connectivity index (χ2v) is 15.6. The number of aliphatic hydroxyl groups is 1. The molecule has 11 atom stereocenters. The average Bonchev–Trinajstić information content (AvgIpc) is 3.71. The fourth-order valence-electron chi connectivity index (χ4n) is 10.4. The van der Waals surface area contributed by atoms with Gasteiger partial charge in [0.1, 0.15) is 12.2 Å². The van der Waals surface area contributed by atoms with Gasteiger partial charge in [0.05, 0.1) is 37.9 Å². The Hall–Kier alpha value is -3.47. The Labute approximate surface area is 281 Å². The van der Waals surface area contributed by atoms with Crippen LogP contribution in [0, 0.1) is 39.9 Å². The van der Waals surface area contributed by atoms with Gasteiger partial charge in [-0.25, -0.2) is 0 Å². The molecule has 11 nitrogen and oxygen atoms in total. The topological polar surface area (TPSA) is 156 Å². The van der Waals surface area contributed by atoms with Crippen LogP contribution in [0.2, 0.25) is 0 Å². The van der Waals surface area contributed by atoms with Crippen molar-refractivity contribution in [1.29, 1.82) is 0 Å². The Morgan fingerprint density at radius 3 is 2.33 bits per heavy atom. The lowest BCUT2D eigenvalue weighted by atomic mass is 9.41. The molecule has 4 fully saturated rings. The summed E-state index contributed by atoms with van der Waals surface area (Å²) < 4.78 is 29.2. The molecule has 0 radical (unpaired) electrons. The van der Waals surface area contributed by atoms with Gasteiger partial charge in [0.15, 0.2) is 11.4 Å². The molecule has 6 rings (SSSR count). The van der Waals surface area contributed by atoms with Gasteiger partial charge in [-0.05, 0) is 49.2 Å². The fraction of sp³-hybridized carbons (Fsp3) is 0.703. The third-order valence-corrected chi connectivity index (χ3v) is 13.4. The summed E-state index contributed by atoms with van der Waals surface area (Å²) in [5.41, 5.74) is -6.05. The highest BCUT2D eigenvalue weighted by atomic mass is 16.6. The lowest BCUT2D eigenvalue weighted by molar-refractivity contribution is -0.280. The van der Waals surface area contributed by atoms with Gasteiger partial charge in [0.25, 0.3) is 0 Å². The van der Waals surface area contributed by atoms with Crippen LogP contribution in [-0.2, 0) is 42.9 Å². The molecule has 0 unspecified atom stereocenters. The van der Waals surface area contributed by atoms with Crippen molar-refractivity contribution in [1.82, 2.24) is 0 Å². The van der Waals surface area contributed by atoms with Crippen LogP contribution in [0.3, 0.4) is 0 Å². The zero-order valence-corrected chi connectivity index (χ0v) is 29.2. The standard InChI is InChI=1S/C37H48O11/c1-9-19(3)30(41)47-32-34(6)18-36(48-31(42)20(4)10-2)35(7,24(34)16-25(38)44-8)22-11-13-33(5)23(27(22)28(40)37(32,36)43)15-26(39)46-29(33)21-12-14-45-17-21/h12,14,17,19-20,22,24,29,32,43H,9-11,13,15-16,18H2,1-8H3/t19-,20-,22+,24-,29-,32+,33-,34-,35-,36-,37-/m0/s1. The summed E-state index contributed by atoms with van der Waals surface area (Å²) in [4.78, 5) is 69.3. The van der Waals surface area contributed by atoms with Gasteiger partial charge in [0, 0.05) is 40.2 Å². The second-order valence-electron chi connectivity index (χ2n) is 15.6. The van der Waals surface area contributed by atoms with Crippen molar-refractivity contribution in [2.75, 3.05) is 7.11 Å². The van der Waals surface area contributed by atoms with E-state index < -0.39 is 93.0 Å². The number of ketones is 1. The molecule has 2 bridgehead atoms. The van der Waals surface area contributed by atoms with Gasteiger partial charge in [0.2, 0.25) is 5.60 Å². The highest BCUT2D eigenvalue weighted by Gasteiger charge is 2.92. The van der Waals surface area contributed by atoms with Crippen LogP contribution in [0.1, 0.15) is 105 Å². The third-order valence-electron chi connectivity index (χ3n) is 13.4. The maximum atomic E-state index is 15.4. The molecule has 0 aromatic carbocycles. The largest absolute Gasteiger partial charge is 0.472 e. The van der Waals surface area contributed by atoms with E-state index in [1.54, 1.807) is 19.9 Å². The lowest BCUT2D eigenvalue weighted by Crippen LogP contribution is -2.79. The normalized spacial score (nSPS) is 40.8. The Bertz CT molecular complexity index is 1580. The third kappa shape index (κ3) is 4.18. The van der Waals surface area contributed by atoms with E-state index in [-0.39, 0.29) is 24.8 Å². The summed E-state index contributed by atoms with van der Waals surface area (Å²) in [7, 11) is 1.29. The number of carbonyl (C=O) groups is 5. The summed E-state index contributed by atoms with van der Waals surface area (Å²) in [6.07, 6.45) is 2.37. The number of methoxy groups -OCH3 is 1. The molecule has 4 aliphatic carbocycles. The molecule has 1 aromatic heterocycles. The summed E-state index contributed by atoms with van der Waals surface area (Å²) in [5, 5.41) is 13.3. The molecule has 0 spiro atoms. The van der Waals surface area contributed by atoms with Crippen molar-refractivity contribution in [2.24, 2.45) is 39.9 Å². The van der Waals surface area contributed by atoms with Crippen molar-refractivity contribution in [2.45, 2.75) is 117 Å². The summed E-state index contributed by atoms with van der Waals surface area (Å²) >= 11 is 0. The summed E-state index contributed by atoms with van der Waals surface area (Å²) in [5.74, 6) is -5.26. The van der Waals surface area contributed by atoms with Gasteiger partial charge in [-0.15, -0.1) is 0 Å². The average molecular weight is 669 g/mol. The highest BCUT2D eigenvalue weighted by molar-refractivity contribution is 6.08. The molecule has 2 heterocycles. The summed E-state index contributed by atoms with van der Waals surface area (Å²) in [6, 6.07) is 1.73. The van der Waals surface area contributed by atoms with Crippen LogP contribution >= 0.6 is 0 Å². The van der Waals surface area contributed by atoms with Crippen molar-refractivity contribution in [3.05, 3.63) is 35.3 Å². The molecule has 1 saturated heterocycles. The number of hydrogen-bond acceptors (Lipinski definition) is 11. The van der Waals surface area contributed by atoms with Crippen LogP contribution < -0.4 is 0 Å². The Balaban J connectivity index is 1.64. The van der Waals surface area contributed by atoms with Gasteiger partial charge in [-0.3, -0.25) is 24.0 Å². The number of esters is 4. The van der Waals surface area contributed by atoms with E-state index in [2.05, 4.69) is 0 Å². The number of cyclic esters (lactones) is 1. The molecule has 262 valence electrons. The van der Waals surface area contributed by atoms with Crippen LogP contribution in [-0.4, -0.2) is 59.2 Å². The first kappa shape index (κ1) is 34.4. The van der Waals surface area contributed by atoms with E-state index in [1.807, 2.05) is 34.6 Å². The molecule has 48 heavy (non-hydrogen) atoms. The first-order valence-corrected chi connectivity index (χ1v) is 17.2.